The summed E-state index contributed by atoms with van der Waals surface area (Å²) in [4.78, 5) is 21.6. The molecule has 88 valence electrons. The van der Waals surface area contributed by atoms with Crippen LogP contribution in [0.15, 0.2) is 0 Å². The molecule has 0 fully saturated rings. The van der Waals surface area contributed by atoms with E-state index in [1.807, 2.05) is 0 Å². The molecule has 0 spiro atoms. The lowest BCUT2D eigenvalue weighted by Gasteiger charge is -2.20. The van der Waals surface area contributed by atoms with Gasteiger partial charge in [0.15, 0.2) is 0 Å². The standard InChI is InChI=1S/C11H20O4/c1-4-5-6-7-10(15-9(3)12)8(2)11(13)14/h8,10H,4-7H2,1-3H3,(H,13,14)/t8-,10-/m0/s1. The van der Waals surface area contributed by atoms with Crippen molar-refractivity contribution in [2.45, 2.75) is 52.6 Å². The first-order valence-electron chi connectivity index (χ1n) is 5.39. The normalized spacial score (nSPS) is 14.3. The highest BCUT2D eigenvalue weighted by Crippen LogP contribution is 2.16. The van der Waals surface area contributed by atoms with E-state index in [-0.39, 0.29) is 0 Å². The van der Waals surface area contributed by atoms with Gasteiger partial charge in [-0.25, -0.2) is 0 Å². The molecule has 0 aromatic heterocycles. The molecule has 0 aromatic carbocycles. The molecule has 0 unspecified atom stereocenters. The van der Waals surface area contributed by atoms with E-state index in [4.69, 9.17) is 9.84 Å². The van der Waals surface area contributed by atoms with Crippen molar-refractivity contribution >= 4 is 11.9 Å². The Hall–Kier alpha value is -1.06. The van der Waals surface area contributed by atoms with Gasteiger partial charge in [-0.3, -0.25) is 9.59 Å². The zero-order chi connectivity index (χ0) is 11.8. The van der Waals surface area contributed by atoms with Gasteiger partial charge >= 0.3 is 11.9 Å². The highest BCUT2D eigenvalue weighted by atomic mass is 16.5. The second-order valence-corrected chi connectivity index (χ2v) is 3.77. The van der Waals surface area contributed by atoms with E-state index in [9.17, 15) is 9.59 Å². The molecule has 0 saturated carbocycles. The highest BCUT2D eigenvalue weighted by molar-refractivity contribution is 5.71. The quantitative estimate of drug-likeness (QED) is 0.523. The van der Waals surface area contributed by atoms with E-state index >= 15 is 0 Å². The molecule has 0 radical (unpaired) electrons. The highest BCUT2D eigenvalue weighted by Gasteiger charge is 2.25. The Morgan fingerprint density at radius 3 is 2.33 bits per heavy atom. The van der Waals surface area contributed by atoms with Crippen LogP contribution >= 0.6 is 0 Å². The van der Waals surface area contributed by atoms with Crippen LogP contribution in [0.2, 0.25) is 0 Å². The summed E-state index contributed by atoms with van der Waals surface area (Å²) in [5.41, 5.74) is 0. The Bertz CT molecular complexity index is 213. The maximum absolute atomic E-state index is 10.8. The topological polar surface area (TPSA) is 63.6 Å². The average Bonchev–Trinajstić information content (AvgIpc) is 2.14. The molecule has 0 aromatic rings. The van der Waals surface area contributed by atoms with E-state index < -0.39 is 24.0 Å². The fourth-order valence-electron chi connectivity index (χ4n) is 1.38. The predicted molar refractivity (Wildman–Crippen MR) is 56.5 cm³/mol. The van der Waals surface area contributed by atoms with Gasteiger partial charge in [-0.05, 0) is 19.8 Å². The van der Waals surface area contributed by atoms with Gasteiger partial charge in [0.05, 0.1) is 5.92 Å². The van der Waals surface area contributed by atoms with Gasteiger partial charge in [-0.2, -0.15) is 0 Å². The van der Waals surface area contributed by atoms with Crippen LogP contribution in [0, 0.1) is 5.92 Å². The van der Waals surface area contributed by atoms with Crippen molar-refractivity contribution in [1.29, 1.82) is 0 Å². The molecular weight excluding hydrogens is 196 g/mol. The van der Waals surface area contributed by atoms with E-state index in [2.05, 4.69) is 6.92 Å². The van der Waals surface area contributed by atoms with Crippen LogP contribution < -0.4 is 0 Å². The molecule has 0 saturated heterocycles. The number of carboxylic acid groups (broad SMARTS) is 1. The number of carbonyl (C=O) groups excluding carboxylic acids is 1. The number of esters is 1. The molecule has 0 amide bonds. The molecule has 2 atom stereocenters. The molecule has 1 N–H and O–H groups in total. The van der Waals surface area contributed by atoms with Gasteiger partial charge < -0.3 is 9.84 Å². The van der Waals surface area contributed by atoms with Crippen LogP contribution in [0.3, 0.4) is 0 Å². The zero-order valence-corrected chi connectivity index (χ0v) is 9.66. The zero-order valence-electron chi connectivity index (χ0n) is 9.66. The fourth-order valence-corrected chi connectivity index (χ4v) is 1.38. The third-order valence-electron chi connectivity index (χ3n) is 2.36. The maximum atomic E-state index is 10.8. The molecule has 0 aliphatic heterocycles. The van der Waals surface area contributed by atoms with Crippen molar-refractivity contribution in [1.82, 2.24) is 0 Å². The number of ether oxygens (including phenoxy) is 1. The fraction of sp³-hybridized carbons (Fsp3) is 0.818. The summed E-state index contributed by atoms with van der Waals surface area (Å²) in [7, 11) is 0. The number of aliphatic carboxylic acids is 1. The lowest BCUT2D eigenvalue weighted by atomic mass is 9.99. The SMILES string of the molecule is CCCCC[C@H](OC(C)=O)[C@H](C)C(=O)O. The maximum Gasteiger partial charge on any atom is 0.309 e. The van der Waals surface area contributed by atoms with Crippen molar-refractivity contribution in [2.75, 3.05) is 0 Å². The average molecular weight is 216 g/mol. The monoisotopic (exact) mass is 216 g/mol. The first-order valence-corrected chi connectivity index (χ1v) is 5.39. The van der Waals surface area contributed by atoms with Gasteiger partial charge in [0.2, 0.25) is 0 Å². The first kappa shape index (κ1) is 13.9. The summed E-state index contributed by atoms with van der Waals surface area (Å²) in [6.07, 6.45) is 3.12. The van der Waals surface area contributed by atoms with Crippen LogP contribution in [0.5, 0.6) is 0 Å². The molecular formula is C11H20O4. The van der Waals surface area contributed by atoms with Crippen LogP contribution in [-0.4, -0.2) is 23.1 Å². The second-order valence-electron chi connectivity index (χ2n) is 3.77. The molecule has 0 bridgehead atoms. The molecule has 4 heteroatoms. The first-order chi connectivity index (χ1) is 6.99. The Morgan fingerprint density at radius 2 is 1.93 bits per heavy atom. The second kappa shape index (κ2) is 7.26. The van der Waals surface area contributed by atoms with Crippen LogP contribution in [0.4, 0.5) is 0 Å². The molecule has 15 heavy (non-hydrogen) atoms. The van der Waals surface area contributed by atoms with E-state index in [1.165, 1.54) is 6.92 Å². The smallest absolute Gasteiger partial charge is 0.309 e. The number of hydrogen-bond acceptors (Lipinski definition) is 3. The van der Waals surface area contributed by atoms with E-state index in [1.54, 1.807) is 6.92 Å². The summed E-state index contributed by atoms with van der Waals surface area (Å²) >= 11 is 0. The Kier molecular flexibility index (Phi) is 6.75. The third-order valence-corrected chi connectivity index (χ3v) is 2.36. The Balaban J connectivity index is 4.17. The number of rotatable bonds is 7. The van der Waals surface area contributed by atoms with Crippen molar-refractivity contribution in [3.63, 3.8) is 0 Å². The number of hydrogen-bond donors (Lipinski definition) is 1. The summed E-state index contributed by atoms with van der Waals surface area (Å²) in [5.74, 6) is -1.96. The van der Waals surface area contributed by atoms with Gasteiger partial charge in [-0.15, -0.1) is 0 Å². The number of unbranched alkanes of at least 4 members (excludes halogenated alkanes) is 2. The van der Waals surface area contributed by atoms with Crippen molar-refractivity contribution in [3.8, 4) is 0 Å². The van der Waals surface area contributed by atoms with Gasteiger partial charge in [0, 0.05) is 6.92 Å². The summed E-state index contributed by atoms with van der Waals surface area (Å²) < 4.78 is 5.00. The Morgan fingerprint density at radius 1 is 1.33 bits per heavy atom. The van der Waals surface area contributed by atoms with Gasteiger partial charge in [0.1, 0.15) is 6.10 Å². The molecule has 0 rings (SSSR count). The van der Waals surface area contributed by atoms with Crippen molar-refractivity contribution in [3.05, 3.63) is 0 Å². The summed E-state index contributed by atoms with van der Waals surface area (Å²) in [6, 6.07) is 0. The Labute approximate surface area is 90.6 Å². The summed E-state index contributed by atoms with van der Waals surface area (Å²) in [5, 5.41) is 8.83. The lowest BCUT2D eigenvalue weighted by molar-refractivity contribution is -0.156. The minimum absolute atomic E-state index is 0.412. The summed E-state index contributed by atoms with van der Waals surface area (Å²) in [6.45, 7) is 4.95. The van der Waals surface area contributed by atoms with Crippen LogP contribution in [0.25, 0.3) is 0 Å². The molecule has 0 heterocycles. The van der Waals surface area contributed by atoms with Gasteiger partial charge in [0.25, 0.3) is 0 Å². The van der Waals surface area contributed by atoms with Crippen LogP contribution in [-0.2, 0) is 14.3 Å². The largest absolute Gasteiger partial charge is 0.481 e. The minimum atomic E-state index is -0.919. The number of carboxylic acids is 1. The van der Waals surface area contributed by atoms with Crippen molar-refractivity contribution in [2.24, 2.45) is 5.92 Å². The number of carbonyl (C=O) groups is 2. The van der Waals surface area contributed by atoms with Crippen molar-refractivity contribution < 1.29 is 19.4 Å². The van der Waals surface area contributed by atoms with E-state index in [0.29, 0.717) is 6.42 Å². The van der Waals surface area contributed by atoms with Gasteiger partial charge in [-0.1, -0.05) is 19.8 Å². The third kappa shape index (κ3) is 6.10. The minimum Gasteiger partial charge on any atom is -0.481 e. The molecule has 0 aliphatic rings. The molecule has 0 aliphatic carbocycles. The van der Waals surface area contributed by atoms with E-state index in [0.717, 1.165) is 19.3 Å². The molecule has 4 nitrogen and oxygen atoms in total. The van der Waals surface area contributed by atoms with Crippen LogP contribution in [0.1, 0.15) is 46.5 Å². The lowest BCUT2D eigenvalue weighted by Crippen LogP contribution is -2.29. The predicted octanol–water partition coefficient (Wildman–Crippen LogP) is 2.22.